The Balaban J connectivity index is 1.42. The van der Waals surface area contributed by atoms with Gasteiger partial charge in [0, 0.05) is 27.8 Å². The highest BCUT2D eigenvalue weighted by molar-refractivity contribution is 8.00. The molecule has 0 spiro atoms. The summed E-state index contributed by atoms with van der Waals surface area (Å²) in [5.41, 5.74) is 2.65. The number of ether oxygens (including phenoxy) is 3. The first-order chi connectivity index (χ1) is 22.7. The second kappa shape index (κ2) is 14.1. The molecule has 1 amide bonds. The number of ketones is 1. The van der Waals surface area contributed by atoms with Gasteiger partial charge in [-0.25, -0.2) is 0 Å². The number of carbonyl (C=O) groups is 2. The number of nitrogens with zero attached hydrogens (tertiary/aromatic N) is 3. The zero-order valence-corrected chi connectivity index (χ0v) is 28.9. The molecule has 0 radical (unpaired) electrons. The topological polar surface area (TPSA) is 111 Å². The van der Waals surface area contributed by atoms with E-state index in [1.807, 2.05) is 26.8 Å². The van der Waals surface area contributed by atoms with E-state index in [1.54, 1.807) is 48.5 Å². The molecule has 0 aliphatic carbocycles. The van der Waals surface area contributed by atoms with Gasteiger partial charge in [-0.15, -0.1) is 10.2 Å². The van der Waals surface area contributed by atoms with Gasteiger partial charge in [0.15, 0.2) is 15.8 Å². The predicted molar refractivity (Wildman–Crippen MR) is 184 cm³/mol. The summed E-state index contributed by atoms with van der Waals surface area (Å²) in [6.07, 6.45) is 1.47. The Hall–Kier alpha value is -3.77. The van der Waals surface area contributed by atoms with E-state index in [-0.39, 0.29) is 22.6 Å². The highest BCUT2D eigenvalue weighted by atomic mass is 35.5. The third-order valence-corrected chi connectivity index (χ3v) is 10.3. The Morgan fingerprint density at radius 2 is 1.89 bits per heavy atom. The molecule has 2 aliphatic rings. The van der Waals surface area contributed by atoms with Crippen LogP contribution in [0.4, 0.5) is 5.13 Å². The largest absolute Gasteiger partial charge is 0.507 e. The zero-order chi connectivity index (χ0) is 33.2. The summed E-state index contributed by atoms with van der Waals surface area (Å²) >= 11 is 15.0. The van der Waals surface area contributed by atoms with Crippen LogP contribution in [0.15, 0.2) is 64.5 Å². The maximum absolute atomic E-state index is 13.8. The minimum Gasteiger partial charge on any atom is -0.507 e. The number of aliphatic hydroxyl groups excluding tert-OH is 1. The summed E-state index contributed by atoms with van der Waals surface area (Å²) < 4.78 is 18.2. The van der Waals surface area contributed by atoms with Gasteiger partial charge in [-0.05, 0) is 79.4 Å². The first-order valence-corrected chi connectivity index (χ1v) is 17.6. The summed E-state index contributed by atoms with van der Waals surface area (Å²) in [4.78, 5) is 28.9. The van der Waals surface area contributed by atoms with Crippen molar-refractivity contribution in [2.45, 2.75) is 55.9 Å². The number of benzene rings is 3. The molecule has 1 saturated heterocycles. The molecular formula is C34H31Cl2N3O6S2. The van der Waals surface area contributed by atoms with Crippen molar-refractivity contribution >= 4 is 68.9 Å². The number of hydrogen-bond acceptors (Lipinski definition) is 10. The third-order valence-electron chi connectivity index (χ3n) is 7.63. The number of anilines is 1. The van der Waals surface area contributed by atoms with Crippen LogP contribution in [-0.2, 0) is 21.8 Å². The summed E-state index contributed by atoms with van der Waals surface area (Å²) in [6, 6.07) is 14.8. The van der Waals surface area contributed by atoms with Crippen LogP contribution in [-0.4, -0.2) is 46.3 Å². The lowest BCUT2D eigenvalue weighted by Gasteiger charge is -2.23. The minimum absolute atomic E-state index is 0.00131. The van der Waals surface area contributed by atoms with Gasteiger partial charge in [-0.2, -0.15) is 0 Å². The summed E-state index contributed by atoms with van der Waals surface area (Å²) in [5, 5.41) is 21.6. The number of aliphatic hydroxyl groups is 1. The fourth-order valence-corrected chi connectivity index (χ4v) is 7.93. The smallest absolute Gasteiger partial charge is 0.301 e. The van der Waals surface area contributed by atoms with E-state index in [2.05, 4.69) is 10.2 Å². The Morgan fingerprint density at radius 1 is 1.06 bits per heavy atom. The van der Waals surface area contributed by atoms with Crippen LogP contribution >= 0.6 is 46.3 Å². The Bertz CT molecular complexity index is 1880. The molecule has 13 heteroatoms. The van der Waals surface area contributed by atoms with Gasteiger partial charge < -0.3 is 19.3 Å². The van der Waals surface area contributed by atoms with Crippen LogP contribution in [0.2, 0.25) is 10.0 Å². The monoisotopic (exact) mass is 711 g/mol. The SMILES string of the molecule is CCCOc1ccc([C@@H]2C(=C(O)c3ccc4c(c3)C[C@@H](C)O4)C(=O)C(=O)N2c2nnc(SCc3ccc(Cl)cc3Cl)s2)cc1OCC. The molecule has 3 aromatic carbocycles. The van der Waals surface area contributed by atoms with Crippen LogP contribution in [0.1, 0.15) is 55.5 Å². The maximum atomic E-state index is 13.8. The van der Waals surface area contributed by atoms with E-state index in [1.165, 1.54) is 28.0 Å². The second-order valence-corrected chi connectivity index (χ2v) is 14.0. The highest BCUT2D eigenvalue weighted by Gasteiger charge is 2.48. The second-order valence-electron chi connectivity index (χ2n) is 11.0. The molecular weight excluding hydrogens is 681 g/mol. The molecule has 3 heterocycles. The van der Waals surface area contributed by atoms with Gasteiger partial charge in [0.25, 0.3) is 5.78 Å². The quantitative estimate of drug-likeness (QED) is 0.0540. The standard InChI is InChI=1S/C34H31Cl2N3O6S2/c1-4-12-44-26-11-7-19(15-27(26)43-5-2)29-28(30(40)20-8-10-25-22(14-20)13-18(3)45-25)31(41)32(42)39(29)33-37-38-34(47-33)46-17-21-6-9-23(35)16-24(21)36/h6-11,14-16,18,29,40H,4-5,12-13,17H2,1-3H3/t18-,29-/m1/s1. The average Bonchev–Trinajstić information content (AvgIpc) is 3.74. The van der Waals surface area contributed by atoms with Crippen molar-refractivity contribution in [1.29, 1.82) is 0 Å². The van der Waals surface area contributed by atoms with Crippen molar-refractivity contribution < 1.29 is 28.9 Å². The third kappa shape index (κ3) is 6.80. The van der Waals surface area contributed by atoms with E-state index in [0.717, 1.165) is 23.3 Å². The number of aromatic nitrogens is 2. The van der Waals surface area contributed by atoms with Crippen LogP contribution in [0.3, 0.4) is 0 Å². The average molecular weight is 713 g/mol. The van der Waals surface area contributed by atoms with Crippen LogP contribution in [0.5, 0.6) is 17.2 Å². The number of amides is 1. The van der Waals surface area contributed by atoms with Crippen molar-refractivity contribution in [2.75, 3.05) is 18.1 Å². The normalized spacial score (nSPS) is 18.4. The molecule has 244 valence electrons. The van der Waals surface area contributed by atoms with Crippen LogP contribution in [0.25, 0.3) is 5.76 Å². The molecule has 1 N–H and O–H groups in total. The lowest BCUT2D eigenvalue weighted by atomic mass is 9.94. The van der Waals surface area contributed by atoms with Gasteiger partial charge in [-0.1, -0.05) is 65.4 Å². The van der Waals surface area contributed by atoms with Gasteiger partial charge in [-0.3, -0.25) is 14.5 Å². The predicted octanol–water partition coefficient (Wildman–Crippen LogP) is 8.27. The first kappa shape index (κ1) is 33.1. The molecule has 9 nitrogen and oxygen atoms in total. The van der Waals surface area contributed by atoms with Crippen molar-refractivity contribution in [3.05, 3.63) is 92.5 Å². The number of hydrogen-bond donors (Lipinski definition) is 1. The van der Waals surface area contributed by atoms with Crippen LogP contribution < -0.4 is 19.1 Å². The number of thioether (sulfide) groups is 1. The Morgan fingerprint density at radius 3 is 2.66 bits per heavy atom. The number of halogens is 2. The number of carbonyl (C=O) groups excluding carboxylic acids is 2. The lowest BCUT2D eigenvalue weighted by Crippen LogP contribution is -2.29. The Kier molecular flexibility index (Phi) is 9.98. The van der Waals surface area contributed by atoms with E-state index >= 15 is 0 Å². The highest BCUT2D eigenvalue weighted by Crippen LogP contribution is 2.46. The van der Waals surface area contributed by atoms with Gasteiger partial charge >= 0.3 is 5.91 Å². The first-order valence-electron chi connectivity index (χ1n) is 15.1. The molecule has 0 unspecified atom stereocenters. The van der Waals surface area contributed by atoms with Crippen molar-refractivity contribution in [3.8, 4) is 17.2 Å². The van der Waals surface area contributed by atoms with E-state index in [4.69, 9.17) is 37.4 Å². The van der Waals surface area contributed by atoms with Gasteiger partial charge in [0.2, 0.25) is 5.13 Å². The van der Waals surface area contributed by atoms with E-state index in [0.29, 0.717) is 62.4 Å². The molecule has 1 fully saturated rings. The van der Waals surface area contributed by atoms with Gasteiger partial charge in [0.1, 0.15) is 17.6 Å². The molecule has 4 aromatic rings. The summed E-state index contributed by atoms with van der Waals surface area (Å²) in [7, 11) is 0. The number of Topliss-reactive ketones (excluding diaryl/α,β-unsaturated/α-hetero) is 1. The summed E-state index contributed by atoms with van der Waals surface area (Å²) in [5.74, 6) is 0.267. The lowest BCUT2D eigenvalue weighted by molar-refractivity contribution is -0.132. The van der Waals surface area contributed by atoms with E-state index < -0.39 is 17.7 Å². The van der Waals surface area contributed by atoms with E-state index in [9.17, 15) is 14.7 Å². The molecule has 6 rings (SSSR count). The zero-order valence-electron chi connectivity index (χ0n) is 25.8. The maximum Gasteiger partial charge on any atom is 0.301 e. The van der Waals surface area contributed by atoms with Gasteiger partial charge in [0.05, 0.1) is 24.8 Å². The fourth-order valence-electron chi connectivity index (χ4n) is 5.50. The Labute approximate surface area is 290 Å². The fraction of sp³-hybridized carbons (Fsp3) is 0.294. The van der Waals surface area contributed by atoms with Crippen LogP contribution in [0, 0.1) is 0 Å². The number of fused-ring (bicyclic) bond motifs is 1. The summed E-state index contributed by atoms with van der Waals surface area (Å²) in [6.45, 7) is 6.69. The van der Waals surface area contributed by atoms with Crippen molar-refractivity contribution in [3.63, 3.8) is 0 Å². The number of rotatable bonds is 11. The minimum atomic E-state index is -1.02. The molecule has 1 aromatic heterocycles. The molecule has 47 heavy (non-hydrogen) atoms. The molecule has 0 bridgehead atoms. The molecule has 2 aliphatic heterocycles. The van der Waals surface area contributed by atoms with Crippen molar-refractivity contribution in [1.82, 2.24) is 10.2 Å². The molecule has 0 saturated carbocycles. The van der Waals surface area contributed by atoms with Crippen molar-refractivity contribution in [2.24, 2.45) is 0 Å². The molecule has 2 atom stereocenters.